The Bertz CT molecular complexity index is 935. The summed E-state index contributed by atoms with van der Waals surface area (Å²) >= 11 is 1.76. The van der Waals surface area contributed by atoms with Crippen molar-refractivity contribution in [3.63, 3.8) is 0 Å². The molecule has 0 fully saturated rings. The van der Waals surface area contributed by atoms with Gasteiger partial charge in [0, 0.05) is 30.4 Å². The fourth-order valence-electron chi connectivity index (χ4n) is 3.05. The monoisotopic (exact) mass is 426 g/mol. The summed E-state index contributed by atoms with van der Waals surface area (Å²) in [6.07, 6.45) is 3.85. The third-order valence-electron chi connectivity index (χ3n) is 4.58. The Morgan fingerprint density at radius 1 is 1.07 bits per heavy atom. The number of hydrogen-bond donors (Lipinski definition) is 3. The second kappa shape index (κ2) is 12.9. The Balaban J connectivity index is 0.00000155. The molecule has 0 aliphatic carbocycles. The number of rotatable bonds is 9. The van der Waals surface area contributed by atoms with Crippen molar-refractivity contribution in [1.82, 2.24) is 10.4 Å². The van der Waals surface area contributed by atoms with Gasteiger partial charge in [-0.1, -0.05) is 50.2 Å². The lowest BCUT2D eigenvalue weighted by Gasteiger charge is -2.21. The lowest BCUT2D eigenvalue weighted by molar-refractivity contribution is -0.124. The Morgan fingerprint density at radius 2 is 1.80 bits per heavy atom. The van der Waals surface area contributed by atoms with E-state index in [1.807, 2.05) is 38.1 Å². The minimum atomic E-state index is -0.557. The number of hydrogen-bond acceptors (Lipinski definition) is 5. The average Bonchev–Trinajstić information content (AvgIpc) is 3.26. The third kappa shape index (κ3) is 7.39. The van der Waals surface area contributed by atoms with Crippen LogP contribution in [0.25, 0.3) is 16.2 Å². The average molecular weight is 427 g/mol. The normalized spacial score (nSPS) is 11.0. The number of carbonyl (C=O) groups is 1. The van der Waals surface area contributed by atoms with Gasteiger partial charge in [0.2, 0.25) is 0 Å². The number of aliphatic hydroxyl groups excluding tert-OH is 1. The van der Waals surface area contributed by atoms with E-state index in [-0.39, 0.29) is 6.61 Å². The highest BCUT2D eigenvalue weighted by Crippen LogP contribution is 2.22. The molecule has 3 aromatic rings. The molecule has 1 amide bonds. The van der Waals surface area contributed by atoms with Crippen molar-refractivity contribution in [3.05, 3.63) is 76.7 Å². The van der Waals surface area contributed by atoms with Crippen LogP contribution >= 0.6 is 11.3 Å². The number of benzene rings is 2. The van der Waals surface area contributed by atoms with E-state index < -0.39 is 5.91 Å². The molecule has 3 N–H and O–H groups in total. The van der Waals surface area contributed by atoms with E-state index in [4.69, 9.17) is 5.21 Å². The number of fused-ring (bicyclic) bond motifs is 1. The molecule has 6 heteroatoms. The second-order valence-corrected chi connectivity index (χ2v) is 7.54. The van der Waals surface area contributed by atoms with Gasteiger partial charge in [-0.2, -0.15) is 0 Å². The first-order valence-electron chi connectivity index (χ1n) is 10.2. The molecule has 2 aromatic carbocycles. The molecule has 0 atom stereocenters. The van der Waals surface area contributed by atoms with Gasteiger partial charge in [0.1, 0.15) is 0 Å². The highest BCUT2D eigenvalue weighted by molar-refractivity contribution is 7.17. The molecule has 0 radical (unpaired) electrons. The maximum Gasteiger partial charge on any atom is 0.267 e. The molecule has 0 saturated carbocycles. The molecule has 5 nitrogen and oxygen atoms in total. The van der Waals surface area contributed by atoms with Gasteiger partial charge in [-0.05, 0) is 52.1 Å². The van der Waals surface area contributed by atoms with E-state index in [9.17, 15) is 9.90 Å². The number of hydroxylamine groups is 1. The molecule has 0 saturated heterocycles. The van der Waals surface area contributed by atoms with Crippen molar-refractivity contribution in [2.24, 2.45) is 0 Å². The standard InChI is InChI=1S/C22H24N2O3S.C2H6/c25-13-12-24(11-9-18-5-7-20-10-14-28-21(20)15-18)16-19-3-1-17(2-4-19)6-8-22(26)23-27;1-2/h1-8,10,14-15,25,27H,9,11-13,16H2,(H,23,26);1-2H3/b8-6+;. The summed E-state index contributed by atoms with van der Waals surface area (Å²) in [6.45, 7) is 6.37. The number of thiophene rings is 1. The summed E-state index contributed by atoms with van der Waals surface area (Å²) in [6, 6.07) is 16.6. The van der Waals surface area contributed by atoms with Crippen LogP contribution in [0.1, 0.15) is 30.5 Å². The van der Waals surface area contributed by atoms with Gasteiger partial charge in [0.05, 0.1) is 6.61 Å². The van der Waals surface area contributed by atoms with Crippen LogP contribution in [0, 0.1) is 0 Å². The van der Waals surface area contributed by atoms with E-state index in [0.29, 0.717) is 6.54 Å². The molecule has 3 rings (SSSR count). The van der Waals surface area contributed by atoms with Crippen molar-refractivity contribution in [1.29, 1.82) is 0 Å². The van der Waals surface area contributed by atoms with E-state index in [1.165, 1.54) is 21.7 Å². The molecular formula is C24H30N2O3S. The van der Waals surface area contributed by atoms with E-state index in [1.54, 1.807) is 22.9 Å². The van der Waals surface area contributed by atoms with Crippen molar-refractivity contribution >= 4 is 33.4 Å². The van der Waals surface area contributed by atoms with Gasteiger partial charge in [-0.25, -0.2) is 5.48 Å². The van der Waals surface area contributed by atoms with Crippen LogP contribution in [0.15, 0.2) is 60.0 Å². The van der Waals surface area contributed by atoms with Gasteiger partial charge in [-0.15, -0.1) is 11.3 Å². The SMILES string of the molecule is CC.O=C(/C=C/c1ccc(CN(CCO)CCc2ccc3ccsc3c2)cc1)NO. The number of nitrogens with one attached hydrogen (secondary N) is 1. The van der Waals surface area contributed by atoms with Crippen LogP contribution in [0.5, 0.6) is 0 Å². The maximum absolute atomic E-state index is 11.0. The molecule has 0 bridgehead atoms. The van der Waals surface area contributed by atoms with Gasteiger partial charge in [0.25, 0.3) is 5.91 Å². The molecule has 1 aromatic heterocycles. The second-order valence-electron chi connectivity index (χ2n) is 6.59. The highest BCUT2D eigenvalue weighted by atomic mass is 32.1. The van der Waals surface area contributed by atoms with Crippen LogP contribution in [-0.2, 0) is 17.8 Å². The summed E-state index contributed by atoms with van der Waals surface area (Å²) in [4.78, 5) is 13.3. The molecule has 0 spiro atoms. The van der Waals surface area contributed by atoms with E-state index in [0.717, 1.165) is 30.6 Å². The highest BCUT2D eigenvalue weighted by Gasteiger charge is 2.07. The zero-order valence-corrected chi connectivity index (χ0v) is 18.4. The molecule has 1 heterocycles. The molecule has 30 heavy (non-hydrogen) atoms. The van der Waals surface area contributed by atoms with Gasteiger partial charge >= 0.3 is 0 Å². The van der Waals surface area contributed by atoms with Gasteiger partial charge in [-0.3, -0.25) is 14.9 Å². The zero-order chi connectivity index (χ0) is 21.8. The van der Waals surface area contributed by atoms with Gasteiger partial charge in [0.15, 0.2) is 0 Å². The summed E-state index contributed by atoms with van der Waals surface area (Å²) in [7, 11) is 0. The first-order valence-corrected chi connectivity index (χ1v) is 11.1. The predicted octanol–water partition coefficient (Wildman–Crippen LogP) is 4.48. The summed E-state index contributed by atoms with van der Waals surface area (Å²) in [5, 5.41) is 21.3. The smallest absolute Gasteiger partial charge is 0.267 e. The molecule has 0 unspecified atom stereocenters. The summed E-state index contributed by atoms with van der Waals surface area (Å²) in [5.74, 6) is -0.557. The lowest BCUT2D eigenvalue weighted by Crippen LogP contribution is -2.28. The van der Waals surface area contributed by atoms with Crippen molar-refractivity contribution in [2.45, 2.75) is 26.8 Å². The number of nitrogens with zero attached hydrogens (tertiary/aromatic N) is 1. The minimum Gasteiger partial charge on any atom is -0.395 e. The number of amides is 1. The van der Waals surface area contributed by atoms with Crippen LogP contribution < -0.4 is 5.48 Å². The van der Waals surface area contributed by atoms with Gasteiger partial charge < -0.3 is 5.11 Å². The predicted molar refractivity (Wildman–Crippen MR) is 125 cm³/mol. The van der Waals surface area contributed by atoms with E-state index in [2.05, 4.69) is 34.5 Å². The first-order chi connectivity index (χ1) is 14.7. The molecule has 0 aliphatic rings. The summed E-state index contributed by atoms with van der Waals surface area (Å²) < 4.78 is 1.31. The van der Waals surface area contributed by atoms with Crippen molar-refractivity contribution in [2.75, 3.05) is 19.7 Å². The lowest BCUT2D eigenvalue weighted by atomic mass is 10.1. The molecule has 160 valence electrons. The number of aliphatic hydroxyl groups is 1. The van der Waals surface area contributed by atoms with Crippen LogP contribution in [0.2, 0.25) is 0 Å². The minimum absolute atomic E-state index is 0.126. The largest absolute Gasteiger partial charge is 0.395 e. The van der Waals surface area contributed by atoms with Crippen LogP contribution in [-0.4, -0.2) is 40.8 Å². The Hall–Kier alpha value is -2.51. The van der Waals surface area contributed by atoms with Crippen molar-refractivity contribution in [3.8, 4) is 0 Å². The first kappa shape index (κ1) is 23.8. The Labute approximate surface area is 182 Å². The van der Waals surface area contributed by atoms with E-state index >= 15 is 0 Å². The van der Waals surface area contributed by atoms with Crippen LogP contribution in [0.4, 0.5) is 0 Å². The topological polar surface area (TPSA) is 72.8 Å². The summed E-state index contributed by atoms with van der Waals surface area (Å²) in [5.41, 5.74) is 4.90. The fraction of sp³-hybridized carbons (Fsp3) is 0.292. The quantitative estimate of drug-likeness (QED) is 0.268. The Morgan fingerprint density at radius 3 is 2.50 bits per heavy atom. The maximum atomic E-state index is 11.0. The van der Waals surface area contributed by atoms with Crippen molar-refractivity contribution < 1.29 is 15.1 Å². The molecular weight excluding hydrogens is 396 g/mol. The number of carbonyl (C=O) groups excluding carboxylic acids is 1. The zero-order valence-electron chi connectivity index (χ0n) is 17.5. The molecule has 0 aliphatic heterocycles. The Kier molecular flexibility index (Phi) is 10.2. The fourth-order valence-corrected chi connectivity index (χ4v) is 3.91. The third-order valence-corrected chi connectivity index (χ3v) is 5.46. The van der Waals surface area contributed by atoms with Crippen LogP contribution in [0.3, 0.4) is 0 Å².